The van der Waals surface area contributed by atoms with E-state index < -0.39 is 18.1 Å². The van der Waals surface area contributed by atoms with Crippen LogP contribution in [0.1, 0.15) is 16.9 Å². The topological polar surface area (TPSA) is 84.7 Å². The van der Waals surface area contributed by atoms with E-state index >= 15 is 0 Å². The molecule has 0 radical (unpaired) electrons. The second-order valence-electron chi connectivity index (χ2n) is 8.50. The van der Waals surface area contributed by atoms with Crippen LogP contribution in [0.15, 0.2) is 109 Å². The minimum Gasteiger partial charge on any atom is -0.378 e. The normalized spacial score (nSPS) is 13.4. The van der Waals surface area contributed by atoms with E-state index in [-0.39, 0.29) is 18.0 Å². The number of nitrogens with zero attached hydrogens (tertiary/aromatic N) is 2. The van der Waals surface area contributed by atoms with Gasteiger partial charge in [0.15, 0.2) is 0 Å². The van der Waals surface area contributed by atoms with Gasteiger partial charge in [0.05, 0.1) is 11.5 Å². The standard InChI is InChI=1S/C28H28N3O4P/c1-30(2)24-17-19-25(20-18-24)36(34,35-21-22-11-5-3-6-12-22)28(23-13-7-4-8-14-23)29-26-15-9-10-16-27(26)31(32)33/h3-20,28-29H,21H2,1-2H3. The van der Waals surface area contributed by atoms with Gasteiger partial charge in [-0.1, -0.05) is 72.8 Å². The Kier molecular flexibility index (Phi) is 7.84. The zero-order valence-corrected chi connectivity index (χ0v) is 21.0. The molecule has 4 aromatic carbocycles. The van der Waals surface area contributed by atoms with E-state index in [9.17, 15) is 14.7 Å². The fourth-order valence-electron chi connectivity index (χ4n) is 3.90. The summed E-state index contributed by atoms with van der Waals surface area (Å²) in [5.74, 6) is -0.867. The first-order valence-electron chi connectivity index (χ1n) is 11.5. The molecule has 4 rings (SSSR count). The Morgan fingerprint density at radius 1 is 0.861 bits per heavy atom. The number of benzene rings is 4. The maximum absolute atomic E-state index is 15.0. The van der Waals surface area contributed by atoms with E-state index in [1.165, 1.54) is 6.07 Å². The molecule has 7 nitrogen and oxygen atoms in total. The van der Waals surface area contributed by atoms with Gasteiger partial charge in [0.25, 0.3) is 13.1 Å². The van der Waals surface area contributed by atoms with Gasteiger partial charge < -0.3 is 14.7 Å². The van der Waals surface area contributed by atoms with Crippen LogP contribution in [0.3, 0.4) is 0 Å². The molecule has 1 N–H and O–H groups in total. The smallest absolute Gasteiger partial charge is 0.292 e. The van der Waals surface area contributed by atoms with Gasteiger partial charge in [-0.3, -0.25) is 14.7 Å². The molecule has 8 heteroatoms. The summed E-state index contributed by atoms with van der Waals surface area (Å²) in [6, 6.07) is 32.5. The molecule has 184 valence electrons. The predicted molar refractivity (Wildman–Crippen MR) is 145 cm³/mol. The molecule has 0 spiro atoms. The monoisotopic (exact) mass is 501 g/mol. The van der Waals surface area contributed by atoms with E-state index in [4.69, 9.17) is 4.52 Å². The van der Waals surface area contributed by atoms with Gasteiger partial charge in [-0.05, 0) is 41.5 Å². The van der Waals surface area contributed by atoms with Crippen LogP contribution in [0.25, 0.3) is 0 Å². The van der Waals surface area contributed by atoms with Crippen LogP contribution in [0, 0.1) is 10.1 Å². The average Bonchev–Trinajstić information content (AvgIpc) is 2.91. The molecule has 0 fully saturated rings. The van der Waals surface area contributed by atoms with E-state index in [1.807, 2.05) is 91.8 Å². The maximum Gasteiger partial charge on any atom is 0.292 e. The molecule has 0 amide bonds. The molecule has 0 aliphatic rings. The minimum absolute atomic E-state index is 0.101. The summed E-state index contributed by atoms with van der Waals surface area (Å²) in [5, 5.41) is 15.5. The molecular formula is C28H28N3O4P. The summed E-state index contributed by atoms with van der Waals surface area (Å²) in [4.78, 5) is 13.2. The van der Waals surface area contributed by atoms with Crippen LogP contribution < -0.4 is 15.5 Å². The number of nitro groups is 1. The largest absolute Gasteiger partial charge is 0.378 e. The first kappa shape index (κ1) is 25.2. The highest BCUT2D eigenvalue weighted by Crippen LogP contribution is 2.60. The van der Waals surface area contributed by atoms with Crippen LogP contribution in [0.5, 0.6) is 0 Å². The summed E-state index contributed by atoms with van der Waals surface area (Å²) >= 11 is 0. The third-order valence-corrected chi connectivity index (χ3v) is 8.48. The number of hydrogen-bond donors (Lipinski definition) is 1. The van der Waals surface area contributed by atoms with Crippen molar-refractivity contribution in [2.45, 2.75) is 12.4 Å². The Morgan fingerprint density at radius 2 is 1.44 bits per heavy atom. The molecule has 2 unspecified atom stereocenters. The van der Waals surface area contributed by atoms with Crippen LogP contribution in [-0.2, 0) is 15.7 Å². The van der Waals surface area contributed by atoms with Gasteiger partial charge in [-0.15, -0.1) is 0 Å². The molecule has 36 heavy (non-hydrogen) atoms. The Balaban J connectivity index is 1.84. The molecule has 0 aliphatic carbocycles. The molecule has 2 atom stereocenters. The minimum atomic E-state index is -3.69. The van der Waals surface area contributed by atoms with E-state index in [0.717, 1.165) is 11.3 Å². The van der Waals surface area contributed by atoms with Gasteiger partial charge in [0, 0.05) is 31.2 Å². The van der Waals surface area contributed by atoms with Crippen molar-refractivity contribution in [2.24, 2.45) is 0 Å². The molecule has 4 aromatic rings. The zero-order valence-electron chi connectivity index (χ0n) is 20.2. The van der Waals surface area contributed by atoms with Crippen molar-refractivity contribution < 1.29 is 14.0 Å². The van der Waals surface area contributed by atoms with E-state index in [0.29, 0.717) is 10.9 Å². The van der Waals surface area contributed by atoms with Gasteiger partial charge in [0.1, 0.15) is 11.5 Å². The summed E-state index contributed by atoms with van der Waals surface area (Å²) in [6.07, 6.45) is 0. The van der Waals surface area contributed by atoms with Gasteiger partial charge in [-0.25, -0.2) is 0 Å². The molecule has 0 saturated heterocycles. The number of hydrogen-bond acceptors (Lipinski definition) is 6. The number of nitro benzene ring substituents is 1. The third kappa shape index (κ3) is 5.65. The molecule has 0 bridgehead atoms. The number of para-hydroxylation sites is 2. The number of nitrogens with one attached hydrogen (secondary N) is 1. The lowest BCUT2D eigenvalue weighted by atomic mass is 10.2. The van der Waals surface area contributed by atoms with Crippen LogP contribution in [-0.4, -0.2) is 19.0 Å². The Hall–Kier alpha value is -3.93. The summed E-state index contributed by atoms with van der Waals surface area (Å²) in [7, 11) is 0.181. The van der Waals surface area contributed by atoms with Crippen molar-refractivity contribution in [1.29, 1.82) is 0 Å². The van der Waals surface area contributed by atoms with Crippen molar-refractivity contribution in [1.82, 2.24) is 0 Å². The van der Waals surface area contributed by atoms with Crippen molar-refractivity contribution >= 4 is 29.7 Å². The lowest BCUT2D eigenvalue weighted by molar-refractivity contribution is -0.384. The third-order valence-electron chi connectivity index (χ3n) is 5.84. The Labute approximate surface area is 211 Å². The fourth-order valence-corrected chi connectivity index (χ4v) is 6.28. The Bertz CT molecular complexity index is 1350. The second-order valence-corrected chi connectivity index (χ2v) is 11.0. The molecule has 0 aliphatic heterocycles. The zero-order chi connectivity index (χ0) is 25.5. The van der Waals surface area contributed by atoms with Gasteiger partial charge in [0.2, 0.25) is 0 Å². The van der Waals surface area contributed by atoms with Gasteiger partial charge in [-0.2, -0.15) is 0 Å². The quantitative estimate of drug-likeness (QED) is 0.150. The lowest BCUT2D eigenvalue weighted by Crippen LogP contribution is -2.21. The fraction of sp³-hybridized carbons (Fsp3) is 0.143. The van der Waals surface area contributed by atoms with Crippen molar-refractivity contribution in [3.8, 4) is 0 Å². The molecule has 0 heterocycles. The number of anilines is 2. The lowest BCUT2D eigenvalue weighted by Gasteiger charge is -2.30. The number of rotatable bonds is 10. The SMILES string of the molecule is CN(C)c1ccc(P(=O)(OCc2ccccc2)C(Nc2ccccc2[N+](=O)[O-])c2ccccc2)cc1. The van der Waals surface area contributed by atoms with Crippen LogP contribution in [0.2, 0.25) is 0 Å². The van der Waals surface area contributed by atoms with E-state index in [2.05, 4.69) is 5.32 Å². The summed E-state index contributed by atoms with van der Waals surface area (Å²) < 4.78 is 21.3. The van der Waals surface area contributed by atoms with E-state index in [1.54, 1.807) is 30.3 Å². The highest BCUT2D eigenvalue weighted by atomic mass is 31.2. The molecular weight excluding hydrogens is 473 g/mol. The molecule has 0 saturated carbocycles. The highest BCUT2D eigenvalue weighted by Gasteiger charge is 2.39. The highest BCUT2D eigenvalue weighted by molar-refractivity contribution is 7.67. The molecule has 0 aromatic heterocycles. The second kappa shape index (κ2) is 11.2. The van der Waals surface area contributed by atoms with Crippen LogP contribution >= 0.6 is 7.37 Å². The maximum atomic E-state index is 15.0. The van der Waals surface area contributed by atoms with Crippen molar-refractivity contribution in [2.75, 3.05) is 24.3 Å². The summed E-state index contributed by atoms with van der Waals surface area (Å²) in [6.45, 7) is 0.120. The van der Waals surface area contributed by atoms with Crippen molar-refractivity contribution in [3.63, 3.8) is 0 Å². The average molecular weight is 502 g/mol. The Morgan fingerprint density at radius 3 is 2.06 bits per heavy atom. The van der Waals surface area contributed by atoms with Gasteiger partial charge >= 0.3 is 0 Å². The summed E-state index contributed by atoms with van der Waals surface area (Å²) in [5.41, 5.74) is 2.70. The first-order chi connectivity index (χ1) is 17.4. The van der Waals surface area contributed by atoms with Crippen LogP contribution in [0.4, 0.5) is 17.1 Å². The first-order valence-corrected chi connectivity index (χ1v) is 13.2. The predicted octanol–water partition coefficient (Wildman–Crippen LogP) is 6.59. The van der Waals surface area contributed by atoms with Crippen molar-refractivity contribution in [3.05, 3.63) is 130 Å².